The van der Waals surface area contributed by atoms with Crippen LogP contribution in [0, 0.1) is 0 Å². The number of ether oxygens (including phenoxy) is 2. The van der Waals surface area contributed by atoms with Gasteiger partial charge < -0.3 is 18.4 Å². The van der Waals surface area contributed by atoms with Crippen molar-refractivity contribution in [1.82, 2.24) is 0 Å². The second-order valence-electron chi connectivity index (χ2n) is 12.1. The lowest BCUT2D eigenvalue weighted by molar-refractivity contribution is -0.978. The van der Waals surface area contributed by atoms with Crippen molar-refractivity contribution in [3.63, 3.8) is 0 Å². The van der Waals surface area contributed by atoms with Gasteiger partial charge in [0.15, 0.2) is 0 Å². The molecule has 4 nitrogen and oxygen atoms in total. The molecule has 0 heterocycles. The highest BCUT2D eigenvalue weighted by atomic mass is 16.5. The summed E-state index contributed by atoms with van der Waals surface area (Å²) in [5, 5.41) is 0. The van der Waals surface area contributed by atoms with Crippen molar-refractivity contribution in [1.29, 1.82) is 0 Å². The van der Waals surface area contributed by atoms with E-state index < -0.39 is 0 Å². The Balaban J connectivity index is 1.33. The molecule has 234 valence electrons. The van der Waals surface area contributed by atoms with Crippen molar-refractivity contribution >= 4 is 0 Å². The molecule has 0 aliphatic carbocycles. The van der Waals surface area contributed by atoms with Gasteiger partial charge in [0.25, 0.3) is 0 Å². The number of quaternary nitrogens is 2. The van der Waals surface area contributed by atoms with E-state index in [1.165, 1.54) is 22.3 Å². The molecule has 0 aromatic heterocycles. The lowest BCUT2D eigenvalue weighted by Crippen LogP contribution is -2.59. The molecule has 4 rings (SSSR count). The van der Waals surface area contributed by atoms with Gasteiger partial charge in [-0.15, -0.1) is 0 Å². The number of benzene rings is 4. The van der Waals surface area contributed by atoms with Crippen LogP contribution in [-0.2, 0) is 12.8 Å². The first-order valence-electron chi connectivity index (χ1n) is 16.7. The molecule has 0 spiro atoms. The Morgan fingerprint density at radius 1 is 0.409 bits per heavy atom. The Labute approximate surface area is 267 Å². The monoisotopic (exact) mass is 594 g/mol. The minimum absolute atomic E-state index is 0.729. The molecule has 0 aliphatic rings. The van der Waals surface area contributed by atoms with E-state index >= 15 is 0 Å². The SMILES string of the molecule is CC[N+](CC)(CCOc1ccccc1Cc1ccccc1)CC[N+](CC)(CC)CCOc1ccccc1Cc1ccccc1. The van der Waals surface area contributed by atoms with Gasteiger partial charge in [0.1, 0.15) is 50.9 Å². The van der Waals surface area contributed by atoms with Gasteiger partial charge >= 0.3 is 0 Å². The van der Waals surface area contributed by atoms with E-state index in [0.717, 1.165) is 98.9 Å². The molecule has 0 N–H and O–H groups in total. The van der Waals surface area contributed by atoms with E-state index in [1.54, 1.807) is 0 Å². The van der Waals surface area contributed by atoms with Crippen LogP contribution in [0.2, 0.25) is 0 Å². The maximum absolute atomic E-state index is 6.48. The zero-order chi connectivity index (χ0) is 31.1. The summed E-state index contributed by atoms with van der Waals surface area (Å²) in [5.74, 6) is 2.03. The van der Waals surface area contributed by atoms with Crippen LogP contribution in [0.15, 0.2) is 109 Å². The summed E-state index contributed by atoms with van der Waals surface area (Å²) in [6.07, 6.45) is 1.79. The van der Waals surface area contributed by atoms with Crippen LogP contribution in [0.5, 0.6) is 11.5 Å². The lowest BCUT2D eigenvalue weighted by Gasteiger charge is -2.42. The average molecular weight is 595 g/mol. The third kappa shape index (κ3) is 9.45. The van der Waals surface area contributed by atoms with Gasteiger partial charge in [-0.25, -0.2) is 0 Å². The van der Waals surface area contributed by atoms with Gasteiger partial charge in [-0.1, -0.05) is 97.1 Å². The molecule has 0 saturated carbocycles. The first-order valence-corrected chi connectivity index (χ1v) is 16.7. The Bertz CT molecular complexity index is 1260. The predicted molar refractivity (Wildman–Crippen MR) is 185 cm³/mol. The normalized spacial score (nSPS) is 11.8. The van der Waals surface area contributed by atoms with Gasteiger partial charge in [-0.05, 0) is 62.1 Å². The van der Waals surface area contributed by atoms with Crippen molar-refractivity contribution in [3.05, 3.63) is 131 Å². The molecular weight excluding hydrogens is 540 g/mol. The molecule has 44 heavy (non-hydrogen) atoms. The first kappa shape index (κ1) is 33.3. The third-order valence-corrected chi connectivity index (χ3v) is 9.80. The third-order valence-electron chi connectivity index (χ3n) is 9.80. The highest BCUT2D eigenvalue weighted by molar-refractivity contribution is 5.38. The van der Waals surface area contributed by atoms with Gasteiger partial charge in [0, 0.05) is 12.8 Å². The molecule has 0 atom stereocenters. The smallest absolute Gasteiger partial charge is 0.137 e. The predicted octanol–water partition coefficient (Wildman–Crippen LogP) is 8.04. The number of para-hydroxylation sites is 2. The first-order chi connectivity index (χ1) is 21.5. The molecule has 0 amide bonds. The molecular formula is C40H54N2O2+2. The average Bonchev–Trinajstić information content (AvgIpc) is 3.08. The molecule has 4 aromatic rings. The minimum atomic E-state index is 0.729. The quantitative estimate of drug-likeness (QED) is 0.102. The largest absolute Gasteiger partial charge is 0.487 e. The highest BCUT2D eigenvalue weighted by Gasteiger charge is 2.31. The van der Waals surface area contributed by atoms with Crippen LogP contribution >= 0.6 is 0 Å². The standard InChI is InChI=1S/C40H54N2O2/c1-5-41(6-2,29-31-43-39-25-17-15-23-37(39)33-35-19-11-9-12-20-35)27-28-42(7-3,8-4)30-32-44-40-26-18-16-24-38(40)34-36-21-13-10-14-22-36/h9-26H,5-8,27-34H2,1-4H3/q+2. The Morgan fingerprint density at radius 2 is 0.750 bits per heavy atom. The van der Waals surface area contributed by atoms with Crippen molar-refractivity contribution in [2.75, 3.05) is 65.6 Å². The van der Waals surface area contributed by atoms with Crippen LogP contribution in [0.25, 0.3) is 0 Å². The maximum atomic E-state index is 6.48. The van der Waals surface area contributed by atoms with Crippen molar-refractivity contribution < 1.29 is 18.4 Å². The summed E-state index contributed by atoms with van der Waals surface area (Å²) in [6, 6.07) is 38.4. The zero-order valence-electron chi connectivity index (χ0n) is 27.6. The molecule has 0 saturated heterocycles. The summed E-state index contributed by atoms with van der Waals surface area (Å²) in [7, 11) is 0. The second-order valence-corrected chi connectivity index (χ2v) is 12.1. The summed E-state index contributed by atoms with van der Waals surface area (Å²) >= 11 is 0. The Hall–Kier alpha value is -3.60. The number of likely N-dealkylation sites (N-methyl/N-ethyl adjacent to an activating group) is 2. The summed E-state index contributed by atoms with van der Waals surface area (Å²) in [6.45, 7) is 19.6. The van der Waals surface area contributed by atoms with E-state index in [9.17, 15) is 0 Å². The molecule has 0 unspecified atom stereocenters. The zero-order valence-corrected chi connectivity index (χ0v) is 27.6. The minimum Gasteiger partial charge on any atom is -0.487 e. The van der Waals surface area contributed by atoms with E-state index in [2.05, 4.69) is 137 Å². The van der Waals surface area contributed by atoms with Crippen LogP contribution in [0.1, 0.15) is 49.9 Å². The number of hydrogen-bond donors (Lipinski definition) is 0. The van der Waals surface area contributed by atoms with Crippen molar-refractivity contribution in [2.24, 2.45) is 0 Å². The summed E-state index contributed by atoms with van der Waals surface area (Å²) in [4.78, 5) is 0. The van der Waals surface area contributed by atoms with E-state index in [0.29, 0.717) is 0 Å². The molecule has 0 fully saturated rings. The van der Waals surface area contributed by atoms with Gasteiger partial charge in [0.2, 0.25) is 0 Å². The van der Waals surface area contributed by atoms with Crippen LogP contribution < -0.4 is 9.47 Å². The number of hydrogen-bond acceptors (Lipinski definition) is 2. The topological polar surface area (TPSA) is 18.5 Å². The van der Waals surface area contributed by atoms with E-state index in [4.69, 9.17) is 9.47 Å². The van der Waals surface area contributed by atoms with Crippen LogP contribution in [-0.4, -0.2) is 74.5 Å². The molecule has 0 bridgehead atoms. The fourth-order valence-electron chi connectivity index (χ4n) is 6.27. The number of rotatable bonds is 19. The van der Waals surface area contributed by atoms with E-state index in [1.807, 2.05) is 0 Å². The van der Waals surface area contributed by atoms with Crippen LogP contribution in [0.3, 0.4) is 0 Å². The van der Waals surface area contributed by atoms with Gasteiger partial charge in [-0.3, -0.25) is 0 Å². The fraction of sp³-hybridized carbons (Fsp3) is 0.400. The van der Waals surface area contributed by atoms with Crippen molar-refractivity contribution in [3.8, 4) is 11.5 Å². The number of nitrogens with zero attached hydrogens (tertiary/aromatic N) is 2. The van der Waals surface area contributed by atoms with Crippen LogP contribution in [0.4, 0.5) is 0 Å². The lowest BCUT2D eigenvalue weighted by atomic mass is 10.0. The van der Waals surface area contributed by atoms with Crippen molar-refractivity contribution in [2.45, 2.75) is 40.5 Å². The highest BCUT2D eigenvalue weighted by Crippen LogP contribution is 2.23. The van der Waals surface area contributed by atoms with E-state index in [-0.39, 0.29) is 0 Å². The second kappa shape index (κ2) is 17.0. The molecule has 0 radical (unpaired) electrons. The molecule has 4 heteroatoms. The maximum Gasteiger partial charge on any atom is 0.137 e. The van der Waals surface area contributed by atoms with Gasteiger partial charge in [0.05, 0.1) is 26.2 Å². The molecule has 4 aromatic carbocycles. The van der Waals surface area contributed by atoms with Gasteiger partial charge in [-0.2, -0.15) is 0 Å². The molecule has 0 aliphatic heterocycles. The fourth-order valence-corrected chi connectivity index (χ4v) is 6.27. The Morgan fingerprint density at radius 3 is 1.11 bits per heavy atom. The summed E-state index contributed by atoms with van der Waals surface area (Å²) < 4.78 is 15.1. The summed E-state index contributed by atoms with van der Waals surface area (Å²) in [5.41, 5.74) is 5.13. The Kier molecular flexibility index (Phi) is 12.9.